The van der Waals surface area contributed by atoms with Crippen LogP contribution in [0.1, 0.15) is 16.7 Å². The normalized spacial score (nSPS) is 14.2. The summed E-state index contributed by atoms with van der Waals surface area (Å²) in [6.07, 6.45) is 1.87. The molecule has 0 aliphatic carbocycles. The Kier molecular flexibility index (Phi) is 4.46. The van der Waals surface area contributed by atoms with E-state index in [0.717, 1.165) is 28.1 Å². The minimum atomic E-state index is -0.0984. The Morgan fingerprint density at radius 3 is 2.50 bits per heavy atom. The third-order valence-electron chi connectivity index (χ3n) is 4.24. The number of benzene rings is 3. The number of amides is 1. The summed E-state index contributed by atoms with van der Waals surface area (Å²) in [5.74, 6) is 0.630. The van der Waals surface area contributed by atoms with Crippen molar-refractivity contribution in [3.05, 3.63) is 94.5 Å². The lowest BCUT2D eigenvalue weighted by atomic mass is 10.0. The molecule has 128 valence electrons. The molecule has 1 aliphatic heterocycles. The van der Waals surface area contributed by atoms with Crippen molar-refractivity contribution in [3.63, 3.8) is 0 Å². The van der Waals surface area contributed by atoms with E-state index in [9.17, 15) is 4.79 Å². The minimum Gasteiger partial charge on any atom is -0.488 e. The van der Waals surface area contributed by atoms with Crippen molar-refractivity contribution < 1.29 is 9.53 Å². The summed E-state index contributed by atoms with van der Waals surface area (Å²) in [4.78, 5) is 12.3. The molecule has 1 heterocycles. The number of halogens is 1. The minimum absolute atomic E-state index is 0.0984. The van der Waals surface area contributed by atoms with Crippen LogP contribution >= 0.6 is 11.6 Å². The molecule has 26 heavy (non-hydrogen) atoms. The molecule has 0 radical (unpaired) electrons. The third-order valence-corrected chi connectivity index (χ3v) is 4.49. The molecular weight excluding hydrogens is 346 g/mol. The van der Waals surface area contributed by atoms with Crippen LogP contribution in [-0.2, 0) is 11.4 Å². The van der Waals surface area contributed by atoms with Crippen LogP contribution in [0, 0.1) is 0 Å². The fourth-order valence-electron chi connectivity index (χ4n) is 2.91. The molecule has 0 saturated heterocycles. The molecule has 1 aliphatic rings. The number of hydrogen-bond donors (Lipinski definition) is 1. The highest BCUT2D eigenvalue weighted by Crippen LogP contribution is 2.34. The molecule has 0 spiro atoms. The molecule has 1 amide bonds. The zero-order valence-corrected chi connectivity index (χ0v) is 14.7. The number of carbonyl (C=O) groups is 1. The van der Waals surface area contributed by atoms with Gasteiger partial charge in [-0.3, -0.25) is 4.79 Å². The van der Waals surface area contributed by atoms with E-state index in [1.54, 1.807) is 0 Å². The van der Waals surface area contributed by atoms with Gasteiger partial charge in [-0.15, -0.1) is 0 Å². The summed E-state index contributed by atoms with van der Waals surface area (Å²) in [5, 5.41) is 3.59. The van der Waals surface area contributed by atoms with E-state index in [2.05, 4.69) is 5.32 Å². The molecule has 3 nitrogen and oxygen atoms in total. The van der Waals surface area contributed by atoms with Crippen molar-refractivity contribution in [2.75, 3.05) is 5.32 Å². The quantitative estimate of drug-likeness (QED) is 0.631. The fraction of sp³-hybridized carbons (Fsp3) is 0.0455. The van der Waals surface area contributed by atoms with E-state index in [-0.39, 0.29) is 5.91 Å². The van der Waals surface area contributed by atoms with Gasteiger partial charge in [-0.05, 0) is 35.9 Å². The number of hydrogen-bond acceptors (Lipinski definition) is 2. The van der Waals surface area contributed by atoms with Crippen LogP contribution in [0.15, 0.2) is 72.8 Å². The van der Waals surface area contributed by atoms with Crippen LogP contribution in [-0.4, -0.2) is 5.91 Å². The van der Waals surface area contributed by atoms with Crippen molar-refractivity contribution in [3.8, 4) is 5.75 Å². The molecular formula is C22H16ClNO2. The van der Waals surface area contributed by atoms with Gasteiger partial charge in [-0.1, -0.05) is 60.1 Å². The van der Waals surface area contributed by atoms with Crippen LogP contribution in [0.3, 0.4) is 0 Å². The second-order valence-corrected chi connectivity index (χ2v) is 6.45. The first-order chi connectivity index (χ1) is 12.7. The smallest absolute Gasteiger partial charge is 0.256 e. The standard InChI is InChI=1S/C22H16ClNO2/c23-17-11-9-15(10-12-17)14-26-21-8-4-1-5-16(21)13-19-18-6-2-3-7-20(18)24-22(19)25/h1-13H,14H2,(H,24,25). The average molecular weight is 362 g/mol. The molecule has 4 heteroatoms. The van der Waals surface area contributed by atoms with E-state index < -0.39 is 0 Å². The molecule has 4 rings (SSSR count). The number of rotatable bonds is 4. The Labute approximate surface area is 156 Å². The lowest BCUT2D eigenvalue weighted by molar-refractivity contribution is -0.110. The van der Waals surface area contributed by atoms with Crippen LogP contribution in [0.25, 0.3) is 11.6 Å². The van der Waals surface area contributed by atoms with Gasteiger partial charge in [0.25, 0.3) is 5.91 Å². The van der Waals surface area contributed by atoms with Crippen LogP contribution < -0.4 is 10.1 Å². The van der Waals surface area contributed by atoms with Crippen molar-refractivity contribution >= 4 is 34.8 Å². The molecule has 0 atom stereocenters. The van der Waals surface area contributed by atoms with Crippen molar-refractivity contribution in [2.45, 2.75) is 6.61 Å². The SMILES string of the molecule is O=C1Nc2ccccc2C1=Cc1ccccc1OCc1ccc(Cl)cc1. The highest BCUT2D eigenvalue weighted by Gasteiger charge is 2.23. The topological polar surface area (TPSA) is 38.3 Å². The summed E-state index contributed by atoms with van der Waals surface area (Å²) in [6, 6.07) is 22.9. The van der Waals surface area contributed by atoms with E-state index in [4.69, 9.17) is 16.3 Å². The molecule has 3 aromatic carbocycles. The summed E-state index contributed by atoms with van der Waals surface area (Å²) in [5.41, 5.74) is 4.28. The number of ether oxygens (including phenoxy) is 1. The Bertz CT molecular complexity index is 993. The molecule has 0 bridgehead atoms. The second kappa shape index (κ2) is 7.06. The highest BCUT2D eigenvalue weighted by atomic mass is 35.5. The van der Waals surface area contributed by atoms with E-state index in [0.29, 0.717) is 17.2 Å². The zero-order chi connectivity index (χ0) is 17.9. The first-order valence-electron chi connectivity index (χ1n) is 8.29. The molecule has 0 fully saturated rings. The van der Waals surface area contributed by atoms with Gasteiger partial charge in [-0.25, -0.2) is 0 Å². The van der Waals surface area contributed by atoms with Gasteiger partial charge in [0.05, 0.1) is 0 Å². The lowest BCUT2D eigenvalue weighted by Gasteiger charge is -2.10. The van der Waals surface area contributed by atoms with Gasteiger partial charge >= 0.3 is 0 Å². The van der Waals surface area contributed by atoms with Crippen molar-refractivity contribution in [1.29, 1.82) is 0 Å². The Hall–Kier alpha value is -3.04. The van der Waals surface area contributed by atoms with Gasteiger partial charge in [-0.2, -0.15) is 0 Å². The van der Waals surface area contributed by atoms with Crippen LogP contribution in [0.5, 0.6) is 5.75 Å². The van der Waals surface area contributed by atoms with E-state index in [1.807, 2.05) is 78.9 Å². The second-order valence-electron chi connectivity index (χ2n) is 6.01. The zero-order valence-electron chi connectivity index (χ0n) is 13.9. The third kappa shape index (κ3) is 3.35. The number of para-hydroxylation sites is 2. The molecule has 0 saturated carbocycles. The molecule has 1 N–H and O–H groups in total. The monoisotopic (exact) mass is 361 g/mol. The van der Waals surface area contributed by atoms with Crippen molar-refractivity contribution in [1.82, 2.24) is 0 Å². The first kappa shape index (κ1) is 16.4. The largest absolute Gasteiger partial charge is 0.488 e. The van der Waals surface area contributed by atoms with Crippen LogP contribution in [0.4, 0.5) is 5.69 Å². The fourth-order valence-corrected chi connectivity index (χ4v) is 3.04. The molecule has 0 aromatic heterocycles. The average Bonchev–Trinajstić information content (AvgIpc) is 2.98. The van der Waals surface area contributed by atoms with Crippen LogP contribution in [0.2, 0.25) is 5.02 Å². The van der Waals surface area contributed by atoms with Gasteiger partial charge in [0.1, 0.15) is 12.4 Å². The summed E-state index contributed by atoms with van der Waals surface area (Å²) >= 11 is 5.92. The Morgan fingerprint density at radius 1 is 0.923 bits per heavy atom. The first-order valence-corrected chi connectivity index (χ1v) is 8.67. The predicted octanol–water partition coefficient (Wildman–Crippen LogP) is 5.41. The maximum Gasteiger partial charge on any atom is 0.256 e. The van der Waals surface area contributed by atoms with E-state index >= 15 is 0 Å². The van der Waals surface area contributed by atoms with Gasteiger partial charge in [0.2, 0.25) is 0 Å². The number of anilines is 1. The van der Waals surface area contributed by atoms with Crippen molar-refractivity contribution in [2.24, 2.45) is 0 Å². The summed E-state index contributed by atoms with van der Waals surface area (Å²) in [7, 11) is 0. The number of nitrogens with one attached hydrogen (secondary N) is 1. The Balaban J connectivity index is 1.62. The lowest BCUT2D eigenvalue weighted by Crippen LogP contribution is -2.03. The number of fused-ring (bicyclic) bond motifs is 1. The summed E-state index contributed by atoms with van der Waals surface area (Å²) in [6.45, 7) is 0.431. The van der Waals surface area contributed by atoms with Gasteiger partial charge in [0.15, 0.2) is 0 Å². The Morgan fingerprint density at radius 2 is 1.65 bits per heavy atom. The molecule has 0 unspecified atom stereocenters. The van der Waals surface area contributed by atoms with Gasteiger partial charge in [0, 0.05) is 27.4 Å². The van der Waals surface area contributed by atoms with Gasteiger partial charge < -0.3 is 10.1 Å². The number of carbonyl (C=O) groups excluding carboxylic acids is 1. The maximum atomic E-state index is 12.3. The highest BCUT2D eigenvalue weighted by molar-refractivity contribution is 6.35. The maximum absolute atomic E-state index is 12.3. The summed E-state index contributed by atoms with van der Waals surface area (Å²) < 4.78 is 5.98. The van der Waals surface area contributed by atoms with E-state index in [1.165, 1.54) is 0 Å². The molecule has 3 aromatic rings. The predicted molar refractivity (Wildman–Crippen MR) is 105 cm³/mol.